The lowest BCUT2D eigenvalue weighted by molar-refractivity contribution is -0.104. The zero-order chi connectivity index (χ0) is 11.8. The second kappa shape index (κ2) is 3.62. The average molecular weight is 222 g/mol. The van der Waals surface area contributed by atoms with Crippen LogP contribution in [0.15, 0.2) is 40.0 Å². The highest BCUT2D eigenvalue weighted by Crippen LogP contribution is 2.30. The van der Waals surface area contributed by atoms with Crippen molar-refractivity contribution in [2.75, 3.05) is 0 Å². The summed E-state index contributed by atoms with van der Waals surface area (Å²) in [5, 5.41) is 1.06. The van der Waals surface area contributed by atoms with Crippen molar-refractivity contribution in [2.24, 2.45) is 0 Å². The summed E-state index contributed by atoms with van der Waals surface area (Å²) in [6, 6.07) is 6.06. The van der Waals surface area contributed by atoms with Gasteiger partial charge in [0.2, 0.25) is 0 Å². The fraction of sp³-hybridized carbons (Fsp3) is 0.0667. The van der Waals surface area contributed by atoms with Crippen molar-refractivity contribution in [2.45, 2.75) is 6.92 Å². The van der Waals surface area contributed by atoms with Crippen LogP contribution in [0, 0.1) is 6.92 Å². The molecule has 17 heavy (non-hydrogen) atoms. The minimum absolute atomic E-state index is 0.525. The van der Waals surface area contributed by atoms with Gasteiger partial charge in [-0.1, -0.05) is 11.6 Å². The van der Waals surface area contributed by atoms with Gasteiger partial charge in [0.05, 0.1) is 5.57 Å². The first-order valence-electron chi connectivity index (χ1n) is 5.41. The van der Waals surface area contributed by atoms with Crippen LogP contribution in [0.4, 0.5) is 0 Å². The maximum Gasteiger partial charge on any atom is 0.157 e. The van der Waals surface area contributed by atoms with Crippen LogP contribution in [0.1, 0.15) is 16.9 Å². The van der Waals surface area contributed by atoms with E-state index < -0.39 is 0 Å². The Hall–Kier alpha value is -2.31. The monoisotopic (exact) mass is 222 g/mol. The molecule has 0 N–H and O–H groups in total. The van der Waals surface area contributed by atoms with E-state index in [9.17, 15) is 4.79 Å². The summed E-state index contributed by atoms with van der Waals surface area (Å²) in [5.74, 6) is 0.773. The molecule has 0 saturated heterocycles. The van der Waals surface area contributed by atoms with E-state index in [2.05, 4.69) is 11.8 Å². The molecule has 0 aliphatic heterocycles. The molecule has 0 unspecified atom stereocenters. The Morgan fingerprint density at radius 3 is 3.00 bits per heavy atom. The fourth-order valence-corrected chi connectivity index (χ4v) is 1.96. The Balaban J connectivity index is 2.35. The second-order valence-corrected chi connectivity index (χ2v) is 4.07. The Bertz CT molecular complexity index is 708. The molecule has 1 aromatic carbocycles. The van der Waals surface area contributed by atoms with E-state index in [0.717, 1.165) is 28.6 Å². The molecule has 0 atom stereocenters. The van der Waals surface area contributed by atoms with Gasteiger partial charge in [-0.05, 0) is 37.3 Å². The van der Waals surface area contributed by atoms with Crippen molar-refractivity contribution in [1.29, 1.82) is 0 Å². The summed E-state index contributed by atoms with van der Waals surface area (Å²) in [6.07, 6.45) is 6.12. The van der Waals surface area contributed by atoms with Gasteiger partial charge in [0.1, 0.15) is 11.3 Å². The molecule has 0 saturated carbocycles. The minimum atomic E-state index is 0.525. The van der Waals surface area contributed by atoms with Crippen molar-refractivity contribution < 1.29 is 9.21 Å². The summed E-state index contributed by atoms with van der Waals surface area (Å²) in [5.41, 5.74) is 6.51. The van der Waals surface area contributed by atoms with Crippen molar-refractivity contribution in [3.63, 3.8) is 0 Å². The number of hydrogen-bond donors (Lipinski definition) is 0. The molecule has 3 rings (SSSR count). The van der Waals surface area contributed by atoms with Gasteiger partial charge < -0.3 is 4.42 Å². The largest absolute Gasteiger partial charge is 0.456 e. The number of furan rings is 1. The third-order valence-electron chi connectivity index (χ3n) is 2.84. The summed E-state index contributed by atoms with van der Waals surface area (Å²) in [4.78, 5) is 10.7. The Morgan fingerprint density at radius 1 is 1.29 bits per heavy atom. The molecule has 0 bridgehead atoms. The van der Waals surface area contributed by atoms with E-state index in [1.54, 1.807) is 6.08 Å². The maximum absolute atomic E-state index is 10.7. The Morgan fingerprint density at radius 2 is 2.18 bits per heavy atom. The van der Waals surface area contributed by atoms with E-state index >= 15 is 0 Å². The third-order valence-corrected chi connectivity index (χ3v) is 2.84. The van der Waals surface area contributed by atoms with Crippen LogP contribution in [0.25, 0.3) is 23.1 Å². The Labute approximate surface area is 98.5 Å². The van der Waals surface area contributed by atoms with Crippen molar-refractivity contribution in [1.82, 2.24) is 0 Å². The van der Waals surface area contributed by atoms with E-state index in [-0.39, 0.29) is 0 Å². The number of aryl methyl sites for hydroxylation is 1. The van der Waals surface area contributed by atoms with Gasteiger partial charge in [-0.25, -0.2) is 0 Å². The number of aldehydes is 1. The highest BCUT2D eigenvalue weighted by Gasteiger charge is 2.11. The van der Waals surface area contributed by atoms with Gasteiger partial charge in [-0.15, -0.1) is 5.73 Å². The van der Waals surface area contributed by atoms with Crippen LogP contribution in [0.3, 0.4) is 0 Å². The Kier molecular flexibility index (Phi) is 2.10. The fourth-order valence-electron chi connectivity index (χ4n) is 1.96. The number of benzene rings is 1. The highest BCUT2D eigenvalue weighted by atomic mass is 16.3. The van der Waals surface area contributed by atoms with Gasteiger partial charge in [0, 0.05) is 10.9 Å². The molecule has 0 spiro atoms. The van der Waals surface area contributed by atoms with Crippen LogP contribution >= 0.6 is 0 Å². The summed E-state index contributed by atoms with van der Waals surface area (Å²) in [7, 11) is 0. The smallest absolute Gasteiger partial charge is 0.157 e. The first-order chi connectivity index (χ1) is 8.28. The van der Waals surface area contributed by atoms with Crippen LogP contribution in [0.2, 0.25) is 0 Å². The number of allylic oxidation sites excluding steroid dienone is 2. The van der Waals surface area contributed by atoms with Crippen LogP contribution in [-0.2, 0) is 4.79 Å². The molecular weight excluding hydrogens is 212 g/mol. The molecule has 0 fully saturated rings. The van der Waals surface area contributed by atoms with Gasteiger partial charge in [-0.2, -0.15) is 0 Å². The van der Waals surface area contributed by atoms with Gasteiger partial charge in [-0.3, -0.25) is 4.79 Å². The van der Waals surface area contributed by atoms with Crippen LogP contribution in [-0.4, -0.2) is 6.29 Å². The number of rotatable bonds is 1. The van der Waals surface area contributed by atoms with Gasteiger partial charge >= 0.3 is 0 Å². The van der Waals surface area contributed by atoms with Gasteiger partial charge in [0.15, 0.2) is 6.29 Å². The van der Waals surface area contributed by atoms with E-state index in [4.69, 9.17) is 4.42 Å². The predicted octanol–water partition coefficient (Wildman–Crippen LogP) is 3.51. The number of hydrogen-bond acceptors (Lipinski definition) is 2. The van der Waals surface area contributed by atoms with Crippen molar-refractivity contribution >= 4 is 29.4 Å². The molecular formula is C15H10O2. The summed E-state index contributed by atoms with van der Waals surface area (Å²) in [6.45, 7) is 2.04. The second-order valence-electron chi connectivity index (χ2n) is 4.07. The topological polar surface area (TPSA) is 30.2 Å². The van der Waals surface area contributed by atoms with E-state index in [1.165, 1.54) is 5.56 Å². The van der Waals surface area contributed by atoms with Crippen LogP contribution < -0.4 is 0 Å². The molecule has 2 aromatic rings. The van der Waals surface area contributed by atoms with Crippen molar-refractivity contribution in [3.05, 3.63) is 52.5 Å². The molecule has 0 amide bonds. The zero-order valence-electron chi connectivity index (χ0n) is 9.36. The summed E-state index contributed by atoms with van der Waals surface area (Å²) < 4.78 is 5.73. The predicted molar refractivity (Wildman–Crippen MR) is 67.5 cm³/mol. The van der Waals surface area contributed by atoms with E-state index in [1.807, 2.05) is 31.2 Å². The highest BCUT2D eigenvalue weighted by molar-refractivity contribution is 5.94. The lowest BCUT2D eigenvalue weighted by atomic mass is 10.1. The lowest BCUT2D eigenvalue weighted by Crippen LogP contribution is -1.73. The third kappa shape index (κ3) is 1.55. The number of carbonyl (C=O) groups excluding carboxylic acids is 1. The standard InChI is InChI=1S/C15H10O2/c1-10-2-6-15-13(8-10)12-5-3-11(9-16)4-7-14(12)17-15/h2,4-9H,1H3. The molecule has 2 heteroatoms. The molecule has 2 nitrogen and oxygen atoms in total. The molecule has 0 radical (unpaired) electrons. The minimum Gasteiger partial charge on any atom is -0.456 e. The normalized spacial score (nSPS) is 13.4. The molecule has 1 aromatic heterocycles. The number of carbonyl (C=O) groups is 1. The van der Waals surface area contributed by atoms with E-state index in [0.29, 0.717) is 5.57 Å². The zero-order valence-corrected chi connectivity index (χ0v) is 9.36. The van der Waals surface area contributed by atoms with Gasteiger partial charge in [0.25, 0.3) is 0 Å². The SMILES string of the molecule is Cc1ccc2oc3c(c2c1)C=C=C(C=O)C=C3. The molecule has 82 valence electrons. The first-order valence-corrected chi connectivity index (χ1v) is 5.41. The molecule has 1 heterocycles. The lowest BCUT2D eigenvalue weighted by Gasteiger charge is -1.92. The summed E-state index contributed by atoms with van der Waals surface area (Å²) >= 11 is 0. The first kappa shape index (κ1) is 9.88. The quantitative estimate of drug-likeness (QED) is 0.546. The van der Waals surface area contributed by atoms with Crippen molar-refractivity contribution in [3.8, 4) is 0 Å². The number of fused-ring (bicyclic) bond motifs is 3. The molecule has 1 aliphatic rings. The maximum atomic E-state index is 10.7. The average Bonchev–Trinajstić information content (AvgIpc) is 2.55. The molecule has 1 aliphatic carbocycles. The van der Waals surface area contributed by atoms with Crippen LogP contribution in [0.5, 0.6) is 0 Å².